The normalized spacial score (nSPS) is 30.9. The van der Waals surface area contributed by atoms with E-state index in [0.29, 0.717) is 6.04 Å². The van der Waals surface area contributed by atoms with Crippen molar-refractivity contribution in [1.29, 1.82) is 0 Å². The second kappa shape index (κ2) is 5.57. The molecule has 0 saturated heterocycles. The van der Waals surface area contributed by atoms with E-state index in [1.54, 1.807) is 4.80 Å². The van der Waals surface area contributed by atoms with Gasteiger partial charge in [-0.2, -0.15) is 4.80 Å². The van der Waals surface area contributed by atoms with E-state index in [4.69, 9.17) is 0 Å². The Bertz CT molecular complexity index is 404. The van der Waals surface area contributed by atoms with Gasteiger partial charge in [-0.1, -0.05) is 19.8 Å². The van der Waals surface area contributed by atoms with E-state index in [-0.39, 0.29) is 0 Å². The van der Waals surface area contributed by atoms with Crippen molar-refractivity contribution in [2.24, 2.45) is 24.8 Å². The van der Waals surface area contributed by atoms with Crippen molar-refractivity contribution in [3.05, 3.63) is 5.82 Å². The number of hydrogen-bond donors (Lipinski definition) is 1. The molecule has 2 saturated carbocycles. The first-order chi connectivity index (χ1) is 9.29. The molecule has 19 heavy (non-hydrogen) atoms. The summed E-state index contributed by atoms with van der Waals surface area (Å²) < 4.78 is 0. The number of rotatable bonds is 6. The largest absolute Gasteiger partial charge is 0.313 e. The van der Waals surface area contributed by atoms with E-state index in [1.165, 1.54) is 32.1 Å². The summed E-state index contributed by atoms with van der Waals surface area (Å²) in [6, 6.07) is 0.553. The Kier molecular flexibility index (Phi) is 3.82. The van der Waals surface area contributed by atoms with Crippen molar-refractivity contribution >= 4 is 0 Å². The smallest absolute Gasteiger partial charge is 0.176 e. The lowest BCUT2D eigenvalue weighted by molar-refractivity contribution is 0.420. The van der Waals surface area contributed by atoms with Gasteiger partial charge in [0, 0.05) is 12.5 Å². The van der Waals surface area contributed by atoms with Gasteiger partial charge in [-0.15, -0.1) is 10.2 Å². The topological polar surface area (TPSA) is 55.6 Å². The van der Waals surface area contributed by atoms with Crippen molar-refractivity contribution in [3.63, 3.8) is 0 Å². The molecule has 2 fully saturated rings. The molecule has 5 heteroatoms. The van der Waals surface area contributed by atoms with Crippen LogP contribution >= 0.6 is 0 Å². The average molecular weight is 263 g/mol. The predicted molar refractivity (Wildman–Crippen MR) is 73.5 cm³/mol. The van der Waals surface area contributed by atoms with Crippen LogP contribution < -0.4 is 5.32 Å². The minimum absolute atomic E-state index is 0.553. The van der Waals surface area contributed by atoms with Crippen LogP contribution in [0.2, 0.25) is 0 Å². The Labute approximate surface area is 115 Å². The SMILES string of the molecule is CCCNC(Cc1nnn(C)n1)C1C2CCCCC21. The highest BCUT2D eigenvalue weighted by Gasteiger charge is 2.53. The molecule has 1 N–H and O–H groups in total. The third kappa shape index (κ3) is 2.81. The summed E-state index contributed by atoms with van der Waals surface area (Å²) in [5.74, 6) is 3.69. The van der Waals surface area contributed by atoms with Gasteiger partial charge >= 0.3 is 0 Å². The Hall–Kier alpha value is -0.970. The van der Waals surface area contributed by atoms with E-state index in [9.17, 15) is 0 Å². The molecule has 0 aliphatic heterocycles. The Morgan fingerprint density at radius 2 is 2.05 bits per heavy atom. The highest BCUT2D eigenvalue weighted by molar-refractivity contribution is 5.06. The Morgan fingerprint density at radius 1 is 1.32 bits per heavy atom. The molecule has 3 unspecified atom stereocenters. The molecule has 0 radical (unpaired) electrons. The van der Waals surface area contributed by atoms with Crippen LogP contribution in [-0.2, 0) is 13.5 Å². The molecule has 5 nitrogen and oxygen atoms in total. The molecule has 2 aliphatic rings. The van der Waals surface area contributed by atoms with Crippen LogP contribution in [0.4, 0.5) is 0 Å². The van der Waals surface area contributed by atoms with Gasteiger partial charge in [0.15, 0.2) is 5.82 Å². The molecule has 3 atom stereocenters. The first-order valence-corrected chi connectivity index (χ1v) is 7.76. The van der Waals surface area contributed by atoms with Crippen LogP contribution in [0, 0.1) is 17.8 Å². The van der Waals surface area contributed by atoms with Gasteiger partial charge in [-0.25, -0.2) is 0 Å². The fourth-order valence-corrected chi connectivity index (χ4v) is 3.92. The summed E-state index contributed by atoms with van der Waals surface area (Å²) >= 11 is 0. The Balaban J connectivity index is 1.64. The summed E-state index contributed by atoms with van der Waals surface area (Å²) in [5.41, 5.74) is 0. The molecule has 0 bridgehead atoms. The zero-order valence-electron chi connectivity index (χ0n) is 12.0. The predicted octanol–water partition coefficient (Wildman–Crippen LogP) is 1.56. The Morgan fingerprint density at radius 3 is 2.63 bits per heavy atom. The third-order valence-electron chi connectivity index (χ3n) is 4.80. The van der Waals surface area contributed by atoms with Crippen molar-refractivity contribution < 1.29 is 0 Å². The average Bonchev–Trinajstić information content (AvgIpc) is 3.01. The van der Waals surface area contributed by atoms with Gasteiger partial charge in [-0.3, -0.25) is 0 Å². The first kappa shape index (κ1) is 13.0. The number of tetrazole rings is 1. The van der Waals surface area contributed by atoms with Gasteiger partial charge in [-0.05, 0) is 48.8 Å². The standard InChI is InChI=1S/C14H25N5/c1-3-8-15-12(9-13-16-18-19(2)17-13)14-10-6-4-5-7-11(10)14/h10-12,14-15H,3-9H2,1-2H3. The number of fused-ring (bicyclic) bond motifs is 1. The zero-order valence-corrected chi connectivity index (χ0v) is 12.0. The molecule has 3 rings (SSSR count). The highest BCUT2D eigenvalue weighted by Crippen LogP contribution is 2.57. The minimum atomic E-state index is 0.553. The van der Waals surface area contributed by atoms with Crippen molar-refractivity contribution in [3.8, 4) is 0 Å². The van der Waals surface area contributed by atoms with Crippen LogP contribution in [0.25, 0.3) is 0 Å². The fourth-order valence-electron chi connectivity index (χ4n) is 3.92. The molecule has 0 aromatic carbocycles. The molecule has 1 aromatic heterocycles. The third-order valence-corrected chi connectivity index (χ3v) is 4.80. The van der Waals surface area contributed by atoms with E-state index in [2.05, 4.69) is 27.7 Å². The molecule has 0 spiro atoms. The van der Waals surface area contributed by atoms with Crippen LogP contribution in [0.5, 0.6) is 0 Å². The summed E-state index contributed by atoms with van der Waals surface area (Å²) in [6.45, 7) is 3.32. The molecule has 1 aromatic rings. The lowest BCUT2D eigenvalue weighted by Gasteiger charge is -2.17. The van der Waals surface area contributed by atoms with Gasteiger partial charge in [0.05, 0.1) is 7.05 Å². The monoisotopic (exact) mass is 263 g/mol. The quantitative estimate of drug-likeness (QED) is 0.846. The van der Waals surface area contributed by atoms with Crippen LogP contribution in [0.15, 0.2) is 0 Å². The maximum atomic E-state index is 4.34. The second-order valence-corrected chi connectivity index (χ2v) is 6.15. The van der Waals surface area contributed by atoms with Gasteiger partial charge in [0.25, 0.3) is 0 Å². The number of aromatic nitrogens is 4. The molecular formula is C14H25N5. The summed E-state index contributed by atoms with van der Waals surface area (Å²) in [4.78, 5) is 1.56. The summed E-state index contributed by atoms with van der Waals surface area (Å²) in [7, 11) is 1.84. The van der Waals surface area contributed by atoms with Gasteiger partial charge in [0.1, 0.15) is 0 Å². The van der Waals surface area contributed by atoms with Gasteiger partial charge < -0.3 is 5.32 Å². The van der Waals surface area contributed by atoms with Crippen LogP contribution in [0.1, 0.15) is 44.9 Å². The molecule has 106 valence electrons. The zero-order chi connectivity index (χ0) is 13.2. The van der Waals surface area contributed by atoms with Crippen LogP contribution in [0.3, 0.4) is 0 Å². The van der Waals surface area contributed by atoms with E-state index in [1.807, 2.05) is 7.05 Å². The minimum Gasteiger partial charge on any atom is -0.313 e. The number of aryl methyl sites for hydroxylation is 1. The van der Waals surface area contributed by atoms with Crippen molar-refractivity contribution in [2.45, 2.75) is 51.5 Å². The second-order valence-electron chi connectivity index (χ2n) is 6.15. The van der Waals surface area contributed by atoms with E-state index < -0.39 is 0 Å². The highest BCUT2D eigenvalue weighted by atomic mass is 15.6. The molecular weight excluding hydrogens is 238 g/mol. The molecule has 0 amide bonds. The summed E-state index contributed by atoms with van der Waals surface area (Å²) in [5, 5.41) is 16.2. The van der Waals surface area contributed by atoms with E-state index >= 15 is 0 Å². The van der Waals surface area contributed by atoms with Crippen LogP contribution in [-0.4, -0.2) is 32.8 Å². The lowest BCUT2D eigenvalue weighted by atomic mass is 10.0. The summed E-state index contributed by atoms with van der Waals surface area (Å²) in [6.07, 6.45) is 7.86. The number of hydrogen-bond acceptors (Lipinski definition) is 4. The molecule has 2 aliphatic carbocycles. The maximum absolute atomic E-state index is 4.34. The van der Waals surface area contributed by atoms with Gasteiger partial charge in [0.2, 0.25) is 0 Å². The molecule has 1 heterocycles. The maximum Gasteiger partial charge on any atom is 0.176 e. The fraction of sp³-hybridized carbons (Fsp3) is 0.929. The van der Waals surface area contributed by atoms with Crippen molar-refractivity contribution in [1.82, 2.24) is 25.5 Å². The van der Waals surface area contributed by atoms with E-state index in [0.717, 1.165) is 36.5 Å². The van der Waals surface area contributed by atoms with Crippen molar-refractivity contribution in [2.75, 3.05) is 6.54 Å². The number of nitrogens with zero attached hydrogens (tertiary/aromatic N) is 4. The lowest BCUT2D eigenvalue weighted by Crippen LogP contribution is -2.35. The number of nitrogens with one attached hydrogen (secondary N) is 1. The first-order valence-electron chi connectivity index (χ1n) is 7.76.